The van der Waals surface area contributed by atoms with E-state index in [0.29, 0.717) is 0 Å². The van der Waals surface area contributed by atoms with Crippen LogP contribution in [-0.4, -0.2) is 184 Å². The fourth-order valence-corrected chi connectivity index (χ4v) is 10.3. The van der Waals surface area contributed by atoms with Crippen molar-refractivity contribution < 1.29 is 97.2 Å². The highest BCUT2D eigenvalue weighted by Crippen LogP contribution is 2.40. The van der Waals surface area contributed by atoms with Crippen LogP contribution in [0.25, 0.3) is 0 Å². The molecule has 0 aromatic carbocycles. The molecule has 0 aliphatic carbocycles. The number of carbonyl (C=O) groups is 4. The zero-order chi connectivity index (χ0) is 51.5. The van der Waals surface area contributed by atoms with E-state index < -0.39 is 174 Å². The van der Waals surface area contributed by atoms with E-state index in [1.807, 2.05) is 0 Å². The molecule has 0 aromatic heterocycles. The third-order valence-corrected chi connectivity index (χ3v) is 14.5. The Balaban J connectivity index is 1.88. The summed E-state index contributed by atoms with van der Waals surface area (Å²) in [6, 6.07) is 0. The summed E-state index contributed by atoms with van der Waals surface area (Å²) in [5.41, 5.74) is -3.84. The second-order valence-corrected chi connectivity index (χ2v) is 20.9. The number of carbonyl (C=O) groups excluding carboxylic acids is 4. The Hall–Kier alpha value is -2.28. The molecular formula is C48H82O20. The summed E-state index contributed by atoms with van der Waals surface area (Å²) in [7, 11) is 2.83. The predicted octanol–water partition coefficient (Wildman–Crippen LogP) is 1.60. The molecule has 24 atom stereocenters. The summed E-state index contributed by atoms with van der Waals surface area (Å²) in [6.07, 6.45) is -19.0. The molecule has 20 heteroatoms. The fraction of sp³-hybridized carbons (Fsp3) is 0.917. The second-order valence-electron chi connectivity index (χ2n) is 20.9. The molecule has 4 saturated heterocycles. The van der Waals surface area contributed by atoms with E-state index in [4.69, 9.17) is 47.4 Å². The maximum atomic E-state index is 15.0. The normalized spacial score (nSPS) is 45.8. The molecule has 4 aliphatic heterocycles. The van der Waals surface area contributed by atoms with E-state index in [0.717, 1.165) is 0 Å². The summed E-state index contributed by atoms with van der Waals surface area (Å²) >= 11 is 0. The molecule has 0 amide bonds. The van der Waals surface area contributed by atoms with Crippen LogP contribution in [0, 0.1) is 41.4 Å². The zero-order valence-corrected chi connectivity index (χ0v) is 42.5. The van der Waals surface area contributed by atoms with Gasteiger partial charge in [0.25, 0.3) is 0 Å². The van der Waals surface area contributed by atoms with Crippen LogP contribution in [0.15, 0.2) is 0 Å². The number of Topliss-reactive ketones (excluding diaryl/α,β-unsaturated/α-hetero) is 2. The van der Waals surface area contributed by atoms with Crippen LogP contribution in [0.5, 0.6) is 0 Å². The molecular weight excluding hydrogens is 897 g/mol. The van der Waals surface area contributed by atoms with Gasteiger partial charge in [-0.15, -0.1) is 0 Å². The molecule has 24 unspecified atom stereocenters. The summed E-state index contributed by atoms with van der Waals surface area (Å²) in [6.45, 7) is 20.3. The van der Waals surface area contributed by atoms with Crippen molar-refractivity contribution in [1.82, 2.24) is 0 Å². The molecule has 6 N–H and O–H groups in total. The average molecular weight is 979 g/mol. The van der Waals surface area contributed by atoms with Crippen molar-refractivity contribution in [3.63, 3.8) is 0 Å². The van der Waals surface area contributed by atoms with E-state index in [2.05, 4.69) is 0 Å². The van der Waals surface area contributed by atoms with Crippen molar-refractivity contribution in [2.24, 2.45) is 41.4 Å². The highest BCUT2D eigenvalue weighted by atomic mass is 16.7. The molecule has 0 aromatic rings. The van der Waals surface area contributed by atoms with Gasteiger partial charge in [-0.3, -0.25) is 14.4 Å². The van der Waals surface area contributed by atoms with Crippen molar-refractivity contribution in [3.8, 4) is 0 Å². The maximum absolute atomic E-state index is 15.0. The Labute approximate surface area is 400 Å². The van der Waals surface area contributed by atoms with Crippen molar-refractivity contribution in [2.75, 3.05) is 20.8 Å². The van der Waals surface area contributed by atoms with Gasteiger partial charge in [0, 0.05) is 44.8 Å². The van der Waals surface area contributed by atoms with Crippen LogP contribution in [0.2, 0.25) is 0 Å². The lowest BCUT2D eigenvalue weighted by Crippen LogP contribution is -2.59. The Morgan fingerprint density at radius 2 is 1.37 bits per heavy atom. The standard InChI is InChI=1S/C48H82O20/c1-20(2)32(50)44(56)67-37-25(7)36(22(4)19-61-46-40(60-15)39(59-14)33(51)28(10)64-46)66-43(55)27(9)38(65-31-18-48(13,58)42(54)29(11)63-31)24(6)35(21(3)17-47(12,57)41(53)26(37)8)68-45-34(52)30(49)16-23(5)62-45/h20-29,31-40,42,45-46,50-52,54,57-58H,16-19H2,1-15H3. The number of cyclic esters (lactones) is 1. The lowest BCUT2D eigenvalue weighted by atomic mass is 9.74. The van der Waals surface area contributed by atoms with Crippen molar-refractivity contribution in [2.45, 2.75) is 219 Å². The minimum absolute atomic E-state index is 0.0744. The smallest absolute Gasteiger partial charge is 0.335 e. The number of methoxy groups -OCH3 is 2. The third kappa shape index (κ3) is 13.4. The van der Waals surface area contributed by atoms with Crippen molar-refractivity contribution in [1.29, 1.82) is 0 Å². The fourth-order valence-electron chi connectivity index (χ4n) is 10.3. The molecule has 0 saturated carbocycles. The van der Waals surface area contributed by atoms with Crippen LogP contribution in [0.4, 0.5) is 0 Å². The van der Waals surface area contributed by atoms with Crippen molar-refractivity contribution in [3.05, 3.63) is 0 Å². The van der Waals surface area contributed by atoms with Gasteiger partial charge >= 0.3 is 11.9 Å². The number of aliphatic hydroxyl groups excluding tert-OH is 4. The highest BCUT2D eigenvalue weighted by molar-refractivity contribution is 5.89. The number of ether oxygens (including phenoxy) is 10. The van der Waals surface area contributed by atoms with Crippen LogP contribution < -0.4 is 0 Å². The average Bonchev–Trinajstić information content (AvgIpc) is 3.26. The van der Waals surface area contributed by atoms with Crippen LogP contribution in [0.3, 0.4) is 0 Å². The number of esters is 2. The molecule has 4 rings (SSSR count). The molecule has 4 heterocycles. The number of aliphatic hydroxyl groups is 6. The van der Waals surface area contributed by atoms with Crippen LogP contribution >= 0.6 is 0 Å². The number of hydrogen-bond acceptors (Lipinski definition) is 20. The first-order valence-corrected chi connectivity index (χ1v) is 24.1. The van der Waals surface area contributed by atoms with Gasteiger partial charge in [-0.25, -0.2) is 4.79 Å². The number of ketones is 2. The Morgan fingerprint density at radius 3 is 1.94 bits per heavy atom. The van der Waals surface area contributed by atoms with Gasteiger partial charge in [-0.1, -0.05) is 48.5 Å². The molecule has 20 nitrogen and oxygen atoms in total. The third-order valence-electron chi connectivity index (χ3n) is 14.5. The minimum Gasteiger partial charge on any atom is -0.461 e. The maximum Gasteiger partial charge on any atom is 0.335 e. The number of hydrogen-bond donors (Lipinski definition) is 6. The largest absolute Gasteiger partial charge is 0.461 e. The molecule has 394 valence electrons. The lowest BCUT2D eigenvalue weighted by molar-refractivity contribution is -0.305. The molecule has 0 bridgehead atoms. The van der Waals surface area contributed by atoms with E-state index in [9.17, 15) is 49.8 Å². The Bertz CT molecular complexity index is 1670. The monoisotopic (exact) mass is 979 g/mol. The Kier molecular flexibility index (Phi) is 20.5. The summed E-state index contributed by atoms with van der Waals surface area (Å²) in [4.78, 5) is 56.3. The minimum atomic E-state index is -2.16. The van der Waals surface area contributed by atoms with Crippen LogP contribution in [-0.2, 0) is 66.5 Å². The van der Waals surface area contributed by atoms with Gasteiger partial charge in [0.1, 0.15) is 42.2 Å². The van der Waals surface area contributed by atoms with Gasteiger partial charge in [0.05, 0.1) is 54.6 Å². The Morgan fingerprint density at radius 1 is 0.750 bits per heavy atom. The second kappa shape index (κ2) is 24.0. The SMILES string of the molecule is COC1C(OCC(C)C2OC(=O)C(C)C(OC3CC(C)(O)C(O)C(C)O3)C(C)C(OC3OC(C)CC(=O)C3O)C(C)CC(C)(O)C(=O)C(C)C(OC(=O)C(O)C(C)C)C2C)OC(C)C(O)C1OC. The van der Waals surface area contributed by atoms with Crippen molar-refractivity contribution >= 4 is 23.5 Å². The molecule has 68 heavy (non-hydrogen) atoms. The first-order chi connectivity index (χ1) is 31.5. The van der Waals surface area contributed by atoms with Crippen LogP contribution in [0.1, 0.15) is 109 Å². The zero-order valence-electron chi connectivity index (χ0n) is 42.5. The number of rotatable bonds is 13. The van der Waals surface area contributed by atoms with Gasteiger partial charge in [0.15, 0.2) is 42.6 Å². The van der Waals surface area contributed by atoms with Gasteiger partial charge in [-0.05, 0) is 59.8 Å². The highest BCUT2D eigenvalue weighted by Gasteiger charge is 2.52. The topological polar surface area (TPSA) is 282 Å². The molecule has 0 spiro atoms. The summed E-state index contributed by atoms with van der Waals surface area (Å²) in [5.74, 6) is -9.79. The quantitative estimate of drug-likeness (QED) is 0.143. The van der Waals surface area contributed by atoms with Gasteiger partial charge < -0.3 is 78.0 Å². The van der Waals surface area contributed by atoms with E-state index >= 15 is 0 Å². The molecule has 4 aliphatic rings. The van der Waals surface area contributed by atoms with E-state index in [1.165, 1.54) is 35.0 Å². The summed E-state index contributed by atoms with van der Waals surface area (Å²) in [5, 5.41) is 67.0. The van der Waals surface area contributed by atoms with E-state index in [-0.39, 0.29) is 25.9 Å². The van der Waals surface area contributed by atoms with E-state index in [1.54, 1.807) is 69.2 Å². The predicted molar refractivity (Wildman–Crippen MR) is 239 cm³/mol. The first kappa shape index (κ1) is 58.3. The molecule has 4 fully saturated rings. The first-order valence-electron chi connectivity index (χ1n) is 24.1. The van der Waals surface area contributed by atoms with Gasteiger partial charge in [-0.2, -0.15) is 0 Å². The van der Waals surface area contributed by atoms with Gasteiger partial charge in [0.2, 0.25) is 0 Å². The summed E-state index contributed by atoms with van der Waals surface area (Å²) < 4.78 is 61.1. The lowest BCUT2D eigenvalue weighted by Gasteiger charge is -2.46. The molecule has 0 radical (unpaired) electrons.